The van der Waals surface area contributed by atoms with Gasteiger partial charge < -0.3 is 10.6 Å². The quantitative estimate of drug-likeness (QED) is 0.781. The molecule has 2 aromatic carbocycles. The van der Waals surface area contributed by atoms with E-state index in [1.54, 1.807) is 18.2 Å². The second-order valence-corrected chi connectivity index (χ2v) is 5.59. The van der Waals surface area contributed by atoms with Crippen LogP contribution in [0.2, 0.25) is 10.0 Å². The summed E-state index contributed by atoms with van der Waals surface area (Å²) in [6, 6.07) is 12.5. The summed E-state index contributed by atoms with van der Waals surface area (Å²) in [6.45, 7) is 1.98. The molecule has 21 heavy (non-hydrogen) atoms. The Labute approximate surface area is 138 Å². The van der Waals surface area contributed by atoms with E-state index in [0.29, 0.717) is 15.7 Å². The molecule has 0 fully saturated rings. The van der Waals surface area contributed by atoms with Crippen molar-refractivity contribution in [2.75, 3.05) is 10.6 Å². The lowest BCUT2D eigenvalue weighted by molar-refractivity contribution is -0.110. The van der Waals surface area contributed by atoms with E-state index in [9.17, 15) is 4.79 Å². The van der Waals surface area contributed by atoms with Crippen LogP contribution in [-0.2, 0) is 4.79 Å². The molecule has 0 bridgehead atoms. The minimum atomic E-state index is -0.472. The lowest BCUT2D eigenvalue weighted by atomic mass is 10.2. The highest BCUT2D eigenvalue weighted by Crippen LogP contribution is 2.29. The summed E-state index contributed by atoms with van der Waals surface area (Å²) >= 11 is 17.1. The number of benzene rings is 2. The number of nitrogens with one attached hydrogen (secondary N) is 2. The highest BCUT2D eigenvalue weighted by molar-refractivity contribution is 7.82. The fourth-order valence-corrected chi connectivity index (χ4v) is 2.27. The first-order valence-electron chi connectivity index (χ1n) is 6.10. The molecule has 0 aliphatic heterocycles. The zero-order chi connectivity index (χ0) is 15.4. The third-order valence-electron chi connectivity index (χ3n) is 2.72. The number of thiocarbonyl (C=S) groups is 1. The van der Waals surface area contributed by atoms with Crippen LogP contribution in [-0.4, -0.2) is 10.9 Å². The molecular formula is C15H12Cl2N2OS. The lowest BCUT2D eigenvalue weighted by Gasteiger charge is -2.11. The summed E-state index contributed by atoms with van der Waals surface area (Å²) in [5, 5.41) is 6.18. The summed E-state index contributed by atoms with van der Waals surface area (Å²) in [5.74, 6) is -0.472. The van der Waals surface area contributed by atoms with Crippen molar-refractivity contribution in [2.24, 2.45) is 0 Å². The van der Waals surface area contributed by atoms with Gasteiger partial charge in [0.05, 0.1) is 15.7 Å². The van der Waals surface area contributed by atoms with Crippen molar-refractivity contribution in [2.45, 2.75) is 6.92 Å². The molecular weight excluding hydrogens is 327 g/mol. The van der Waals surface area contributed by atoms with Crippen LogP contribution in [0.1, 0.15) is 5.56 Å². The number of aryl methyl sites for hydroxylation is 1. The number of carbonyl (C=O) groups excluding carboxylic acids is 1. The Kier molecular flexibility index (Phi) is 5.17. The molecule has 2 N–H and O–H groups in total. The molecule has 3 nitrogen and oxygen atoms in total. The van der Waals surface area contributed by atoms with Crippen molar-refractivity contribution in [3.63, 3.8) is 0 Å². The van der Waals surface area contributed by atoms with Crippen LogP contribution in [0.4, 0.5) is 11.4 Å². The monoisotopic (exact) mass is 338 g/mol. The third kappa shape index (κ3) is 4.17. The Bertz CT molecular complexity index is 666. The molecule has 108 valence electrons. The summed E-state index contributed by atoms with van der Waals surface area (Å²) in [4.78, 5) is 12.1. The van der Waals surface area contributed by atoms with Gasteiger partial charge in [0.15, 0.2) is 4.99 Å². The van der Waals surface area contributed by atoms with Gasteiger partial charge in [-0.1, -0.05) is 59.2 Å². The number of halogens is 2. The normalized spacial score (nSPS) is 10.0. The predicted octanol–water partition coefficient (Wildman–Crippen LogP) is 4.68. The van der Waals surface area contributed by atoms with Crippen molar-refractivity contribution in [1.29, 1.82) is 0 Å². The summed E-state index contributed by atoms with van der Waals surface area (Å²) in [7, 11) is 0. The minimum absolute atomic E-state index is 0.0369. The fourth-order valence-electron chi connectivity index (χ4n) is 1.61. The van der Waals surface area contributed by atoms with E-state index in [0.717, 1.165) is 11.3 Å². The van der Waals surface area contributed by atoms with Crippen LogP contribution in [0.15, 0.2) is 42.5 Å². The van der Waals surface area contributed by atoms with Gasteiger partial charge in [-0.3, -0.25) is 4.79 Å². The highest BCUT2D eigenvalue weighted by atomic mass is 35.5. The Hall–Kier alpha value is -1.62. The van der Waals surface area contributed by atoms with Crippen LogP contribution < -0.4 is 10.6 Å². The lowest BCUT2D eigenvalue weighted by Crippen LogP contribution is -2.27. The molecule has 0 radical (unpaired) electrons. The average Bonchev–Trinajstić information content (AvgIpc) is 2.45. The molecule has 2 rings (SSSR count). The Morgan fingerprint density at radius 1 is 1.00 bits per heavy atom. The molecule has 2 aromatic rings. The van der Waals surface area contributed by atoms with Crippen LogP contribution in [0.25, 0.3) is 0 Å². The molecule has 0 saturated heterocycles. The van der Waals surface area contributed by atoms with Gasteiger partial charge in [-0.2, -0.15) is 0 Å². The maximum absolute atomic E-state index is 12.1. The van der Waals surface area contributed by atoms with Gasteiger partial charge in [0.2, 0.25) is 0 Å². The number of amides is 1. The predicted molar refractivity (Wildman–Crippen MR) is 92.5 cm³/mol. The van der Waals surface area contributed by atoms with Crippen molar-refractivity contribution < 1.29 is 4.79 Å². The number of anilines is 2. The van der Waals surface area contributed by atoms with Gasteiger partial charge in [-0.05, 0) is 31.2 Å². The Morgan fingerprint density at radius 2 is 1.57 bits per heavy atom. The maximum atomic E-state index is 12.1. The summed E-state index contributed by atoms with van der Waals surface area (Å²) < 4.78 is 0. The first kappa shape index (κ1) is 15.8. The molecule has 0 spiro atoms. The van der Waals surface area contributed by atoms with Crippen LogP contribution in [0.5, 0.6) is 0 Å². The number of hydrogen-bond donors (Lipinski definition) is 2. The summed E-state index contributed by atoms with van der Waals surface area (Å²) in [6.07, 6.45) is 0. The minimum Gasteiger partial charge on any atom is -0.342 e. The maximum Gasteiger partial charge on any atom is 0.283 e. The molecule has 0 atom stereocenters. The number of carbonyl (C=O) groups is 1. The number of para-hydroxylation sites is 1. The van der Waals surface area contributed by atoms with Crippen molar-refractivity contribution in [3.8, 4) is 0 Å². The van der Waals surface area contributed by atoms with Crippen molar-refractivity contribution >= 4 is 57.7 Å². The van der Waals surface area contributed by atoms with E-state index >= 15 is 0 Å². The molecule has 0 heterocycles. The topological polar surface area (TPSA) is 41.1 Å². The van der Waals surface area contributed by atoms with Gasteiger partial charge in [0.1, 0.15) is 0 Å². The second kappa shape index (κ2) is 6.89. The third-order valence-corrected chi connectivity index (χ3v) is 3.63. The van der Waals surface area contributed by atoms with E-state index in [1.165, 1.54) is 0 Å². The zero-order valence-corrected chi connectivity index (χ0v) is 13.4. The largest absolute Gasteiger partial charge is 0.342 e. The fraction of sp³-hybridized carbons (Fsp3) is 0.0667. The van der Waals surface area contributed by atoms with Gasteiger partial charge in [-0.15, -0.1) is 0 Å². The molecule has 0 saturated carbocycles. The van der Waals surface area contributed by atoms with Crippen LogP contribution in [0, 0.1) is 6.92 Å². The molecule has 6 heteroatoms. The van der Waals surface area contributed by atoms with E-state index in [-0.39, 0.29) is 4.99 Å². The highest BCUT2D eigenvalue weighted by Gasteiger charge is 2.13. The van der Waals surface area contributed by atoms with E-state index < -0.39 is 5.91 Å². The molecule has 1 amide bonds. The van der Waals surface area contributed by atoms with Gasteiger partial charge >= 0.3 is 0 Å². The molecule has 0 aliphatic rings. The molecule has 0 aromatic heterocycles. The number of hydrogen-bond acceptors (Lipinski definition) is 2. The summed E-state index contributed by atoms with van der Waals surface area (Å²) in [5.41, 5.74) is 2.21. The standard InChI is InChI=1S/C15H12Cl2N2OS/c1-9-5-7-10(8-6-9)18-15(21)14(20)19-13-11(16)3-2-4-12(13)17/h2-8H,1H3,(H,18,21)(H,19,20). The van der Waals surface area contributed by atoms with Crippen LogP contribution in [0.3, 0.4) is 0 Å². The van der Waals surface area contributed by atoms with E-state index in [4.69, 9.17) is 35.4 Å². The van der Waals surface area contributed by atoms with Gasteiger partial charge in [0.25, 0.3) is 5.91 Å². The number of rotatable bonds is 2. The van der Waals surface area contributed by atoms with Crippen molar-refractivity contribution in [3.05, 3.63) is 58.1 Å². The van der Waals surface area contributed by atoms with Crippen LogP contribution >= 0.6 is 35.4 Å². The smallest absolute Gasteiger partial charge is 0.283 e. The van der Waals surface area contributed by atoms with E-state index in [2.05, 4.69) is 10.6 Å². The first-order chi connectivity index (χ1) is 9.97. The van der Waals surface area contributed by atoms with Gasteiger partial charge in [-0.25, -0.2) is 0 Å². The zero-order valence-electron chi connectivity index (χ0n) is 11.1. The van der Waals surface area contributed by atoms with Gasteiger partial charge in [0, 0.05) is 5.69 Å². The average molecular weight is 339 g/mol. The second-order valence-electron chi connectivity index (χ2n) is 4.37. The molecule has 0 unspecified atom stereocenters. The Morgan fingerprint density at radius 3 is 2.14 bits per heavy atom. The van der Waals surface area contributed by atoms with Crippen molar-refractivity contribution in [1.82, 2.24) is 0 Å². The SMILES string of the molecule is Cc1ccc(NC(=S)C(=O)Nc2c(Cl)cccc2Cl)cc1. The Balaban J connectivity index is 2.06. The first-order valence-corrected chi connectivity index (χ1v) is 7.27. The van der Waals surface area contributed by atoms with E-state index in [1.807, 2.05) is 31.2 Å². The molecule has 0 aliphatic carbocycles.